The molecule has 2 heterocycles. The van der Waals surface area contributed by atoms with Gasteiger partial charge >= 0.3 is 29.8 Å². The number of carboxylic acids is 1. The van der Waals surface area contributed by atoms with Crippen molar-refractivity contribution in [2.24, 2.45) is 50.2 Å². The summed E-state index contributed by atoms with van der Waals surface area (Å²) in [5.74, 6) is -8.09. The summed E-state index contributed by atoms with van der Waals surface area (Å²) in [5.41, 5.74) is -2.42. The minimum atomic E-state index is -2.22. The van der Waals surface area contributed by atoms with Crippen LogP contribution in [0.5, 0.6) is 0 Å². The van der Waals surface area contributed by atoms with Crippen LogP contribution in [-0.2, 0) is 76.3 Å². The van der Waals surface area contributed by atoms with Crippen molar-refractivity contribution >= 4 is 47.4 Å². The number of rotatable bonds is 15. The third-order valence-corrected chi connectivity index (χ3v) is 20.1. The molecule has 0 aromatic heterocycles. The highest BCUT2D eigenvalue weighted by atomic mass is 16.8. The molecule has 6 fully saturated rings. The number of carboxylic acid groups (broad SMARTS) is 1. The van der Waals surface area contributed by atoms with Gasteiger partial charge in [-0.1, -0.05) is 47.1 Å². The van der Waals surface area contributed by atoms with E-state index >= 15 is 4.79 Å². The average Bonchev–Trinajstić information content (AvgIpc) is 3.54. The number of amides is 2. The van der Waals surface area contributed by atoms with Crippen molar-refractivity contribution in [3.05, 3.63) is 11.6 Å². The number of hydrogen-bond acceptors (Lipinski definition) is 21. The molecule has 24 heteroatoms. The quantitative estimate of drug-likeness (QED) is 0.0629. The number of aliphatic carboxylic acids is 1. The lowest BCUT2D eigenvalue weighted by molar-refractivity contribution is -0.369. The van der Waals surface area contributed by atoms with Gasteiger partial charge in [0.15, 0.2) is 30.6 Å². The monoisotopic (exact) mass is 1110 g/mol. The molecule has 8 N–H and O–H groups in total. The van der Waals surface area contributed by atoms with Gasteiger partial charge in [-0.2, -0.15) is 0 Å². The second-order valence-electron chi connectivity index (χ2n) is 24.7. The highest BCUT2D eigenvalue weighted by molar-refractivity contribution is 5.96. The Morgan fingerprint density at radius 1 is 0.641 bits per heavy atom. The molecule has 0 unspecified atom stereocenters. The average molecular weight is 1110 g/mol. The van der Waals surface area contributed by atoms with Crippen LogP contribution in [0, 0.1) is 50.2 Å². The summed E-state index contributed by atoms with van der Waals surface area (Å²) in [6.07, 6.45) is -16.1. The molecule has 4 saturated carbocycles. The van der Waals surface area contributed by atoms with E-state index < -0.39 is 167 Å². The van der Waals surface area contributed by atoms with Gasteiger partial charge in [0.05, 0.1) is 52.8 Å². The molecule has 7 aliphatic rings. The number of ketones is 1. The van der Waals surface area contributed by atoms with E-state index in [4.69, 9.17) is 23.7 Å². The molecule has 2 saturated heterocycles. The molecule has 0 radical (unpaired) electrons. The Morgan fingerprint density at radius 2 is 1.17 bits per heavy atom. The number of nitrogens with one attached hydrogen (secondary N) is 2. The molecule has 0 spiro atoms. The van der Waals surface area contributed by atoms with Crippen LogP contribution in [0.15, 0.2) is 11.6 Å². The Kier molecular flexibility index (Phi) is 17.5. The van der Waals surface area contributed by atoms with E-state index in [9.17, 15) is 64.2 Å². The maximum absolute atomic E-state index is 15.1. The largest absolute Gasteiger partial charge is 0.481 e. The zero-order valence-electron chi connectivity index (χ0n) is 46.3. The predicted octanol–water partition coefficient (Wildman–Crippen LogP) is 0.518. The van der Waals surface area contributed by atoms with Crippen LogP contribution in [0.3, 0.4) is 0 Å². The second-order valence-corrected chi connectivity index (χ2v) is 24.7. The summed E-state index contributed by atoms with van der Waals surface area (Å²) in [7, 11) is 4.08. The van der Waals surface area contributed by atoms with Crippen LogP contribution in [0.2, 0.25) is 0 Å². The lowest BCUT2D eigenvalue weighted by Crippen LogP contribution is -2.69. The smallest absolute Gasteiger partial charge is 0.328 e. The number of carbonyl (C=O) groups is 8. The van der Waals surface area contributed by atoms with Crippen molar-refractivity contribution in [2.45, 2.75) is 199 Å². The van der Waals surface area contributed by atoms with Crippen molar-refractivity contribution in [1.29, 1.82) is 0 Å². The van der Waals surface area contributed by atoms with Crippen LogP contribution < -0.4 is 10.6 Å². The first-order chi connectivity index (χ1) is 36.3. The number of esters is 4. The molecule has 0 bridgehead atoms. The Morgan fingerprint density at radius 3 is 1.69 bits per heavy atom. The van der Waals surface area contributed by atoms with Crippen molar-refractivity contribution in [3.8, 4) is 0 Å². The van der Waals surface area contributed by atoms with Gasteiger partial charge in [-0.15, -0.1) is 0 Å². The van der Waals surface area contributed by atoms with Crippen molar-refractivity contribution in [1.82, 2.24) is 10.6 Å². The second kappa shape index (κ2) is 22.4. The third-order valence-electron chi connectivity index (χ3n) is 20.1. The number of ether oxygens (including phenoxy) is 8. The molecule has 78 heavy (non-hydrogen) atoms. The van der Waals surface area contributed by atoms with Crippen LogP contribution in [-0.4, -0.2) is 186 Å². The van der Waals surface area contributed by atoms with E-state index in [1.807, 2.05) is 26.8 Å². The molecule has 2 aliphatic heterocycles. The lowest BCUT2D eigenvalue weighted by Gasteiger charge is -2.70. The van der Waals surface area contributed by atoms with Gasteiger partial charge in [0.25, 0.3) is 11.8 Å². The fourth-order valence-corrected chi connectivity index (χ4v) is 15.1. The highest BCUT2D eigenvalue weighted by Crippen LogP contribution is 2.75. The number of fused-ring (bicyclic) bond motifs is 7. The highest BCUT2D eigenvalue weighted by Gasteiger charge is 2.71. The van der Waals surface area contributed by atoms with E-state index in [1.54, 1.807) is 0 Å². The Balaban J connectivity index is 1.20. The van der Waals surface area contributed by atoms with Crippen LogP contribution in [0.4, 0.5) is 0 Å². The zero-order chi connectivity index (χ0) is 58.0. The number of aliphatic hydroxyl groups is 5. The summed E-state index contributed by atoms with van der Waals surface area (Å²) < 4.78 is 43.6. The van der Waals surface area contributed by atoms with Gasteiger partial charge in [-0.3, -0.25) is 28.8 Å². The number of carbonyl (C=O) groups excluding carboxylic acids is 7. The maximum atomic E-state index is 15.1. The normalized spacial score (nSPS) is 42.5. The first-order valence-electron chi connectivity index (χ1n) is 26.7. The van der Waals surface area contributed by atoms with Gasteiger partial charge < -0.3 is 79.2 Å². The molecule has 21 atom stereocenters. The standard InChI is InChI=1S/C54H80N2O22/c1-49(2)29-12-15-54(7)41(28(57)20-24-25-23-51(4,48(69)70)17-16-50(25,3)18-19-53(24,54)6)52(29,5)14-13-30(49)75-47-40(36(63)35(62)39(77-47)43(66)56-27(45(68)74-11)22-32(59)72-9)78-46-37(64)33(60)34(61)38(76-46)42(65)55-26(44(67)73-10)21-31(58)71-8/h20,25-27,29-30,33-41,46-47,60-64H,12-19,21-23H2,1-11H3,(H,55,65)(H,56,66)(H,69,70)/t25-,26-,27-,29-,30-,33-,34-,35-,36-,37+,38-,39-,40+,41+,46-,47+,50+,51-,52-,53+,54+/m0/s1. The molecule has 7 rings (SSSR count). The predicted molar refractivity (Wildman–Crippen MR) is 265 cm³/mol. The summed E-state index contributed by atoms with van der Waals surface area (Å²) in [6.45, 7) is 14.6. The SMILES string of the molecule is COC(=O)C[C@H](NC(=O)[C@H]1O[C@@H](O[C@H]2[C@H](O[C@H]3CC[C@]4(C)[C@H]5C(=O)C=C6[C@@H]7C[C@@](C)(C(=O)O)CC[C@]7(C)CC[C@@]6(C)[C@]5(C)CC[C@H]4C3(C)C)O[C@H](C(=O)N[C@@H](CC(=O)OC)C(=O)OC)[C@@H](O)[C@@H]2O)[C@H](O)[C@@H](O)[C@@H]1O)C(=O)OC. The minimum Gasteiger partial charge on any atom is -0.481 e. The Hall–Kier alpha value is -4.66. The fraction of sp³-hybridized carbons (Fsp3) is 0.815. The van der Waals surface area contributed by atoms with Gasteiger partial charge in [0, 0.05) is 5.92 Å². The number of aliphatic hydroxyl groups excluding tert-OH is 5. The summed E-state index contributed by atoms with van der Waals surface area (Å²) in [4.78, 5) is 105. The third kappa shape index (κ3) is 10.5. The lowest BCUT2D eigenvalue weighted by atomic mass is 9.33. The molecular formula is C54H80N2O22. The van der Waals surface area contributed by atoms with E-state index in [0.29, 0.717) is 32.1 Å². The summed E-state index contributed by atoms with van der Waals surface area (Å²) >= 11 is 0. The number of allylic oxidation sites excluding steroid dienone is 2. The first-order valence-corrected chi connectivity index (χ1v) is 26.7. The molecule has 0 aromatic carbocycles. The van der Waals surface area contributed by atoms with Gasteiger partial charge in [0.2, 0.25) is 0 Å². The Labute approximate surface area is 452 Å². The van der Waals surface area contributed by atoms with E-state index in [2.05, 4.69) is 52.5 Å². The molecular weight excluding hydrogens is 1030 g/mol. The van der Waals surface area contributed by atoms with Crippen molar-refractivity contribution in [3.63, 3.8) is 0 Å². The summed E-state index contributed by atoms with van der Waals surface area (Å²) in [5, 5.41) is 71.8. The van der Waals surface area contributed by atoms with Gasteiger partial charge in [-0.05, 0) is 110 Å². The zero-order valence-corrected chi connectivity index (χ0v) is 46.3. The molecule has 24 nitrogen and oxygen atoms in total. The maximum Gasteiger partial charge on any atom is 0.328 e. The van der Waals surface area contributed by atoms with Crippen LogP contribution in [0.25, 0.3) is 0 Å². The van der Waals surface area contributed by atoms with E-state index in [0.717, 1.165) is 53.3 Å². The van der Waals surface area contributed by atoms with Gasteiger partial charge in [0.1, 0.15) is 48.7 Å². The van der Waals surface area contributed by atoms with Crippen molar-refractivity contribution < 1.29 is 107 Å². The van der Waals surface area contributed by atoms with Crippen LogP contribution >= 0.6 is 0 Å². The van der Waals surface area contributed by atoms with E-state index in [1.165, 1.54) is 0 Å². The van der Waals surface area contributed by atoms with E-state index in [-0.39, 0.29) is 29.5 Å². The van der Waals surface area contributed by atoms with Crippen molar-refractivity contribution in [2.75, 3.05) is 28.4 Å². The molecule has 2 amide bonds. The van der Waals surface area contributed by atoms with Crippen LogP contribution in [0.1, 0.15) is 119 Å². The Bertz CT molecular complexity index is 2400. The topological polar surface area (TPSA) is 356 Å². The first kappa shape index (κ1) is 61.0. The summed E-state index contributed by atoms with van der Waals surface area (Å²) in [6, 6.07) is -3.33. The minimum absolute atomic E-state index is 0.00121. The molecule has 0 aromatic rings. The molecule has 5 aliphatic carbocycles. The number of methoxy groups -OCH3 is 4. The molecule has 438 valence electrons. The fourth-order valence-electron chi connectivity index (χ4n) is 15.1. The number of hydrogen-bond donors (Lipinski definition) is 8. The van der Waals surface area contributed by atoms with Gasteiger partial charge in [-0.25, -0.2) is 9.59 Å².